The second-order valence-corrected chi connectivity index (χ2v) is 7.71. The van der Waals surface area contributed by atoms with Crippen molar-refractivity contribution in [3.05, 3.63) is 83.1 Å². The third kappa shape index (κ3) is 4.11. The molecule has 7 heteroatoms. The van der Waals surface area contributed by atoms with Crippen molar-refractivity contribution >= 4 is 34.2 Å². The summed E-state index contributed by atoms with van der Waals surface area (Å²) in [5, 5.41) is 23.1. The number of aromatic nitrogens is 1. The van der Waals surface area contributed by atoms with Crippen molar-refractivity contribution in [3.8, 4) is 28.5 Å². The molecule has 32 heavy (non-hydrogen) atoms. The lowest BCUT2D eigenvalue weighted by molar-refractivity contribution is -0.137. The molecule has 0 fully saturated rings. The normalized spacial score (nSPS) is 11.7. The van der Waals surface area contributed by atoms with Crippen LogP contribution in [-0.4, -0.2) is 22.1 Å². The number of rotatable bonds is 5. The highest BCUT2D eigenvalue weighted by atomic mass is 35.5. The molecule has 0 amide bonds. The number of carboxylic acid groups (broad SMARTS) is 1. The summed E-state index contributed by atoms with van der Waals surface area (Å²) in [6.45, 7) is 1.45. The van der Waals surface area contributed by atoms with Crippen LogP contribution in [0.25, 0.3) is 33.3 Å². The summed E-state index contributed by atoms with van der Waals surface area (Å²) in [5.41, 5.74) is 3.85. The predicted molar refractivity (Wildman–Crippen MR) is 123 cm³/mol. The van der Waals surface area contributed by atoms with Crippen LogP contribution in [0, 0.1) is 17.1 Å². The van der Waals surface area contributed by atoms with Gasteiger partial charge in [-0.25, -0.2) is 9.37 Å². The van der Waals surface area contributed by atoms with Gasteiger partial charge >= 0.3 is 5.97 Å². The van der Waals surface area contributed by atoms with E-state index in [1.54, 1.807) is 0 Å². The van der Waals surface area contributed by atoms with Crippen molar-refractivity contribution in [1.82, 2.24) is 4.98 Å². The number of benzene rings is 3. The van der Waals surface area contributed by atoms with Gasteiger partial charge < -0.3 is 10.4 Å². The second kappa shape index (κ2) is 8.66. The van der Waals surface area contributed by atoms with Gasteiger partial charge in [0.1, 0.15) is 23.5 Å². The monoisotopic (exact) mass is 445 g/mol. The van der Waals surface area contributed by atoms with Gasteiger partial charge in [0.15, 0.2) is 0 Å². The number of carboxylic acids is 1. The Labute approximate surface area is 188 Å². The first-order valence-corrected chi connectivity index (χ1v) is 10.1. The first-order chi connectivity index (χ1) is 15.4. The molecular weight excluding hydrogens is 429 g/mol. The predicted octanol–water partition coefficient (Wildman–Crippen LogP) is 6.12. The van der Waals surface area contributed by atoms with Crippen LogP contribution in [0.15, 0.2) is 66.7 Å². The average molecular weight is 446 g/mol. The molecule has 0 aliphatic carbocycles. The number of hydrogen-bond acceptors (Lipinski definition) is 4. The number of nitrogens with zero attached hydrogens (tertiary/aromatic N) is 2. The van der Waals surface area contributed by atoms with E-state index in [0.717, 1.165) is 11.1 Å². The molecule has 4 rings (SSSR count). The zero-order chi connectivity index (χ0) is 22.8. The summed E-state index contributed by atoms with van der Waals surface area (Å²) < 4.78 is 13.9. The third-order valence-electron chi connectivity index (χ3n) is 5.13. The maximum atomic E-state index is 13.9. The molecule has 0 aliphatic rings. The summed E-state index contributed by atoms with van der Waals surface area (Å²) in [7, 11) is 0. The first-order valence-electron chi connectivity index (χ1n) is 9.76. The molecule has 0 radical (unpaired) electrons. The summed E-state index contributed by atoms with van der Waals surface area (Å²) >= 11 is 5.96. The zero-order valence-corrected chi connectivity index (χ0v) is 17.7. The fraction of sp³-hybridized carbons (Fsp3) is 0.0800. The Hall–Kier alpha value is -3.95. The van der Waals surface area contributed by atoms with E-state index in [9.17, 15) is 19.6 Å². The van der Waals surface area contributed by atoms with Gasteiger partial charge in [0, 0.05) is 16.0 Å². The van der Waals surface area contributed by atoms with Crippen molar-refractivity contribution in [2.45, 2.75) is 13.0 Å². The summed E-state index contributed by atoms with van der Waals surface area (Å²) in [4.78, 5) is 16.0. The number of fused-ring (bicyclic) bond motifs is 1. The fourth-order valence-corrected chi connectivity index (χ4v) is 3.57. The summed E-state index contributed by atoms with van der Waals surface area (Å²) in [6.07, 6.45) is 0. The Morgan fingerprint density at radius 1 is 1.06 bits per heavy atom. The Bertz CT molecular complexity index is 1360. The van der Waals surface area contributed by atoms with Gasteiger partial charge in [0.05, 0.1) is 16.9 Å². The van der Waals surface area contributed by atoms with E-state index in [1.807, 2.05) is 48.5 Å². The van der Waals surface area contributed by atoms with E-state index in [1.165, 1.54) is 25.1 Å². The number of anilines is 1. The van der Waals surface area contributed by atoms with Gasteiger partial charge in [0.25, 0.3) is 0 Å². The molecule has 2 N–H and O–H groups in total. The molecule has 0 aliphatic heterocycles. The van der Waals surface area contributed by atoms with Crippen LogP contribution < -0.4 is 5.32 Å². The van der Waals surface area contributed by atoms with E-state index in [0.29, 0.717) is 27.2 Å². The van der Waals surface area contributed by atoms with Gasteiger partial charge in [0.2, 0.25) is 0 Å². The standard InChI is InChI=1S/C25H17ClFN3O2/c1-14(25(31)32)29-24-20-12-19(27)10-11-22(20)30-23(21(24)13-28)17-4-2-15(3-5-17)16-6-8-18(26)9-7-16/h2-12,14H,1H3,(H,29,30)(H,31,32). The van der Waals surface area contributed by atoms with Crippen molar-refractivity contribution < 1.29 is 14.3 Å². The number of carbonyl (C=O) groups is 1. The number of nitrogens with one attached hydrogen (secondary N) is 1. The molecule has 1 atom stereocenters. The number of halogens is 2. The molecule has 0 saturated heterocycles. The van der Waals surface area contributed by atoms with Crippen LogP contribution in [0.1, 0.15) is 12.5 Å². The Balaban J connectivity index is 1.87. The number of hydrogen-bond donors (Lipinski definition) is 2. The average Bonchev–Trinajstić information content (AvgIpc) is 2.79. The number of pyridine rings is 1. The lowest BCUT2D eigenvalue weighted by Crippen LogP contribution is -2.26. The lowest BCUT2D eigenvalue weighted by Gasteiger charge is -2.17. The molecule has 158 valence electrons. The van der Waals surface area contributed by atoms with Crippen LogP contribution in [0.5, 0.6) is 0 Å². The van der Waals surface area contributed by atoms with Crippen molar-refractivity contribution in [3.63, 3.8) is 0 Å². The first kappa shape index (κ1) is 21.3. The van der Waals surface area contributed by atoms with E-state index in [-0.39, 0.29) is 11.3 Å². The van der Waals surface area contributed by atoms with Gasteiger partial charge in [-0.1, -0.05) is 48.0 Å². The fourth-order valence-electron chi connectivity index (χ4n) is 3.44. The van der Waals surface area contributed by atoms with Crippen LogP contribution in [0.2, 0.25) is 5.02 Å². The van der Waals surface area contributed by atoms with Gasteiger partial charge in [-0.2, -0.15) is 5.26 Å². The maximum Gasteiger partial charge on any atom is 0.325 e. The second-order valence-electron chi connectivity index (χ2n) is 7.27. The molecule has 0 spiro atoms. The van der Waals surface area contributed by atoms with Crippen LogP contribution in [0.4, 0.5) is 10.1 Å². The SMILES string of the molecule is CC(Nc1c(C#N)c(-c2ccc(-c3ccc(Cl)cc3)cc2)nc2ccc(F)cc12)C(=O)O. The minimum atomic E-state index is -1.09. The van der Waals surface area contributed by atoms with Gasteiger partial charge in [-0.15, -0.1) is 0 Å². The number of aliphatic carboxylic acids is 1. The van der Waals surface area contributed by atoms with Crippen LogP contribution in [0.3, 0.4) is 0 Å². The van der Waals surface area contributed by atoms with Crippen molar-refractivity contribution in [2.75, 3.05) is 5.32 Å². The molecule has 1 unspecified atom stereocenters. The highest BCUT2D eigenvalue weighted by molar-refractivity contribution is 6.30. The Morgan fingerprint density at radius 3 is 2.25 bits per heavy atom. The van der Waals surface area contributed by atoms with E-state index in [4.69, 9.17) is 11.6 Å². The number of nitriles is 1. The quantitative estimate of drug-likeness (QED) is 0.386. The smallest absolute Gasteiger partial charge is 0.325 e. The Morgan fingerprint density at radius 2 is 1.66 bits per heavy atom. The minimum Gasteiger partial charge on any atom is -0.480 e. The van der Waals surface area contributed by atoms with Crippen molar-refractivity contribution in [1.29, 1.82) is 5.26 Å². The molecule has 4 aromatic rings. The van der Waals surface area contributed by atoms with Crippen LogP contribution in [-0.2, 0) is 4.79 Å². The third-order valence-corrected chi connectivity index (χ3v) is 5.38. The molecule has 5 nitrogen and oxygen atoms in total. The molecule has 0 saturated carbocycles. The van der Waals surface area contributed by atoms with Gasteiger partial charge in [-0.05, 0) is 48.4 Å². The molecule has 3 aromatic carbocycles. The minimum absolute atomic E-state index is 0.149. The van der Waals surface area contributed by atoms with Crippen LogP contribution >= 0.6 is 11.6 Å². The highest BCUT2D eigenvalue weighted by Crippen LogP contribution is 2.35. The van der Waals surface area contributed by atoms with E-state index >= 15 is 0 Å². The van der Waals surface area contributed by atoms with Gasteiger partial charge in [-0.3, -0.25) is 4.79 Å². The summed E-state index contributed by atoms with van der Waals surface area (Å²) in [5.74, 6) is -1.60. The van der Waals surface area contributed by atoms with E-state index in [2.05, 4.69) is 16.4 Å². The zero-order valence-electron chi connectivity index (χ0n) is 16.9. The molecule has 1 aromatic heterocycles. The Kier molecular flexibility index (Phi) is 5.76. The topological polar surface area (TPSA) is 86.0 Å². The molecule has 0 bridgehead atoms. The largest absolute Gasteiger partial charge is 0.480 e. The highest BCUT2D eigenvalue weighted by Gasteiger charge is 2.20. The maximum absolute atomic E-state index is 13.9. The molecular formula is C25H17ClFN3O2. The summed E-state index contributed by atoms with van der Waals surface area (Å²) in [6, 6.07) is 20.1. The molecule has 1 heterocycles. The lowest BCUT2D eigenvalue weighted by atomic mass is 9.98. The van der Waals surface area contributed by atoms with Crippen molar-refractivity contribution in [2.24, 2.45) is 0 Å². The van der Waals surface area contributed by atoms with E-state index < -0.39 is 17.8 Å².